The van der Waals surface area contributed by atoms with Gasteiger partial charge in [-0.3, -0.25) is 9.88 Å². The second kappa shape index (κ2) is 7.99. The number of aromatic nitrogens is 3. The van der Waals surface area contributed by atoms with Gasteiger partial charge in [-0.05, 0) is 45.0 Å². The molecule has 1 saturated heterocycles. The Morgan fingerprint density at radius 3 is 2.38 bits per heavy atom. The van der Waals surface area contributed by atoms with Crippen molar-refractivity contribution >= 4 is 0 Å². The van der Waals surface area contributed by atoms with Gasteiger partial charge in [0.25, 0.3) is 0 Å². The van der Waals surface area contributed by atoms with Crippen LogP contribution in [0.3, 0.4) is 0 Å². The quantitative estimate of drug-likeness (QED) is 0.656. The van der Waals surface area contributed by atoms with Crippen LogP contribution >= 0.6 is 0 Å². The number of alkyl halides is 3. The summed E-state index contributed by atoms with van der Waals surface area (Å²) in [4.78, 5) is 14.1. The summed E-state index contributed by atoms with van der Waals surface area (Å²) < 4.78 is 37.7. The van der Waals surface area contributed by atoms with E-state index in [1.165, 1.54) is 4.90 Å². The van der Waals surface area contributed by atoms with E-state index in [1.54, 1.807) is 0 Å². The molecule has 3 heterocycles. The molecule has 0 saturated carbocycles. The lowest BCUT2D eigenvalue weighted by atomic mass is 9.96. The van der Waals surface area contributed by atoms with Crippen molar-refractivity contribution in [2.24, 2.45) is 0 Å². The van der Waals surface area contributed by atoms with Gasteiger partial charge in [0.05, 0.1) is 17.9 Å². The number of piperidine rings is 1. The van der Waals surface area contributed by atoms with Crippen molar-refractivity contribution < 1.29 is 13.2 Å². The Bertz CT molecular complexity index is 940. The van der Waals surface area contributed by atoms with Crippen LogP contribution in [0.25, 0.3) is 22.5 Å². The van der Waals surface area contributed by atoms with Gasteiger partial charge in [0.1, 0.15) is 5.82 Å². The average Bonchev–Trinajstić information content (AvgIpc) is 3.10. The van der Waals surface area contributed by atoms with Crippen LogP contribution in [0.2, 0.25) is 0 Å². The first-order chi connectivity index (χ1) is 13.9. The maximum atomic E-state index is 12.6. The van der Waals surface area contributed by atoms with E-state index in [0.717, 1.165) is 34.0 Å². The number of likely N-dealkylation sites (tertiary alicyclic amines) is 1. The molecule has 1 aromatic carbocycles. The van der Waals surface area contributed by atoms with Crippen LogP contribution < -0.4 is 0 Å². The molecule has 0 bridgehead atoms. The standard InChI is InChI=1S/C22H23F3N4/c1-15-20(18-7-8-19(26-13-18)16-5-3-2-4-6-16)28-21(27-15)17-9-11-29(12-10-17)14-22(23,24)25/h2-8,13,17H,9-12,14H2,1H3,(H,27,28). The molecule has 2 aromatic heterocycles. The number of aryl methyl sites for hydroxylation is 1. The maximum absolute atomic E-state index is 12.6. The summed E-state index contributed by atoms with van der Waals surface area (Å²) in [6.07, 6.45) is -0.969. The van der Waals surface area contributed by atoms with E-state index in [-0.39, 0.29) is 5.92 Å². The van der Waals surface area contributed by atoms with Gasteiger partial charge in [0, 0.05) is 28.9 Å². The zero-order chi connectivity index (χ0) is 20.4. The second-order valence-electron chi connectivity index (χ2n) is 7.56. The van der Waals surface area contributed by atoms with Crippen molar-refractivity contribution in [1.82, 2.24) is 19.9 Å². The van der Waals surface area contributed by atoms with Crippen molar-refractivity contribution in [3.63, 3.8) is 0 Å². The van der Waals surface area contributed by atoms with Crippen LogP contribution in [-0.2, 0) is 0 Å². The molecule has 0 unspecified atom stereocenters. The summed E-state index contributed by atoms with van der Waals surface area (Å²) in [5.74, 6) is 1.01. The summed E-state index contributed by atoms with van der Waals surface area (Å²) in [6, 6.07) is 14.0. The molecule has 0 spiro atoms. The number of pyridine rings is 1. The Labute approximate surface area is 167 Å². The van der Waals surface area contributed by atoms with Gasteiger partial charge in [-0.1, -0.05) is 30.3 Å². The molecule has 0 radical (unpaired) electrons. The van der Waals surface area contributed by atoms with Crippen LogP contribution in [0.1, 0.15) is 30.3 Å². The Balaban J connectivity index is 1.46. The Morgan fingerprint density at radius 1 is 1.03 bits per heavy atom. The number of imidazole rings is 1. The van der Waals surface area contributed by atoms with E-state index in [0.29, 0.717) is 25.9 Å². The number of aromatic amines is 1. The van der Waals surface area contributed by atoms with Crippen LogP contribution in [0.5, 0.6) is 0 Å². The van der Waals surface area contributed by atoms with Crippen LogP contribution in [-0.4, -0.2) is 45.7 Å². The van der Waals surface area contributed by atoms with E-state index in [1.807, 2.05) is 55.6 Å². The van der Waals surface area contributed by atoms with Crippen molar-refractivity contribution in [2.45, 2.75) is 31.9 Å². The summed E-state index contributed by atoms with van der Waals surface area (Å²) in [5, 5.41) is 0. The molecule has 1 fully saturated rings. The minimum absolute atomic E-state index is 0.156. The first kappa shape index (κ1) is 19.6. The van der Waals surface area contributed by atoms with Crippen molar-refractivity contribution in [1.29, 1.82) is 0 Å². The lowest BCUT2D eigenvalue weighted by Crippen LogP contribution is -2.39. The van der Waals surface area contributed by atoms with Gasteiger partial charge < -0.3 is 4.98 Å². The van der Waals surface area contributed by atoms with Crippen molar-refractivity contribution in [3.8, 4) is 22.5 Å². The molecule has 3 aromatic rings. The molecule has 4 nitrogen and oxygen atoms in total. The molecule has 1 N–H and O–H groups in total. The van der Waals surface area contributed by atoms with Crippen LogP contribution in [0, 0.1) is 6.92 Å². The maximum Gasteiger partial charge on any atom is 0.401 e. The highest BCUT2D eigenvalue weighted by atomic mass is 19.4. The largest absolute Gasteiger partial charge is 0.401 e. The number of benzene rings is 1. The first-order valence-corrected chi connectivity index (χ1v) is 9.76. The first-order valence-electron chi connectivity index (χ1n) is 9.76. The SMILES string of the molecule is Cc1[nH]c(C2CCN(CC(F)(F)F)CC2)nc1-c1ccc(-c2ccccc2)nc1. The number of hydrogen-bond donors (Lipinski definition) is 1. The third-order valence-corrected chi connectivity index (χ3v) is 5.39. The summed E-state index contributed by atoms with van der Waals surface area (Å²) >= 11 is 0. The van der Waals surface area contributed by atoms with Crippen LogP contribution in [0.4, 0.5) is 13.2 Å². The average molecular weight is 400 g/mol. The zero-order valence-corrected chi connectivity index (χ0v) is 16.2. The van der Waals surface area contributed by atoms with E-state index in [2.05, 4.69) is 9.97 Å². The third-order valence-electron chi connectivity index (χ3n) is 5.39. The highest BCUT2D eigenvalue weighted by Gasteiger charge is 2.33. The fourth-order valence-corrected chi connectivity index (χ4v) is 3.89. The molecule has 1 aliphatic rings. The number of nitrogens with one attached hydrogen (secondary N) is 1. The van der Waals surface area contributed by atoms with Crippen LogP contribution in [0.15, 0.2) is 48.7 Å². The van der Waals surface area contributed by atoms with E-state index >= 15 is 0 Å². The van der Waals surface area contributed by atoms with E-state index in [9.17, 15) is 13.2 Å². The summed E-state index contributed by atoms with van der Waals surface area (Å²) in [6.45, 7) is 2.01. The number of halogens is 3. The molecule has 7 heteroatoms. The fourth-order valence-electron chi connectivity index (χ4n) is 3.89. The van der Waals surface area contributed by atoms with Gasteiger partial charge >= 0.3 is 6.18 Å². The van der Waals surface area contributed by atoms with Gasteiger partial charge in [-0.2, -0.15) is 13.2 Å². The smallest absolute Gasteiger partial charge is 0.345 e. The van der Waals surface area contributed by atoms with E-state index in [4.69, 9.17) is 4.98 Å². The number of nitrogens with zero attached hydrogens (tertiary/aromatic N) is 3. The van der Waals surface area contributed by atoms with E-state index < -0.39 is 12.7 Å². The number of H-pyrrole nitrogens is 1. The predicted octanol–water partition coefficient (Wildman–Crippen LogP) is 5.19. The van der Waals surface area contributed by atoms with Crippen molar-refractivity contribution in [2.75, 3.05) is 19.6 Å². The second-order valence-corrected chi connectivity index (χ2v) is 7.56. The number of hydrogen-bond acceptors (Lipinski definition) is 3. The van der Waals surface area contributed by atoms with Gasteiger partial charge in [0.15, 0.2) is 0 Å². The summed E-state index contributed by atoms with van der Waals surface area (Å²) in [7, 11) is 0. The number of rotatable bonds is 4. The Hall–Kier alpha value is -2.67. The molecule has 4 rings (SSSR count). The highest BCUT2D eigenvalue weighted by Crippen LogP contribution is 2.31. The predicted molar refractivity (Wildman–Crippen MR) is 106 cm³/mol. The minimum atomic E-state index is -4.14. The van der Waals surface area contributed by atoms with Crippen molar-refractivity contribution in [3.05, 3.63) is 60.2 Å². The fraction of sp³-hybridized carbons (Fsp3) is 0.364. The lowest BCUT2D eigenvalue weighted by molar-refractivity contribution is -0.148. The molecule has 0 amide bonds. The normalized spacial score (nSPS) is 16.3. The monoisotopic (exact) mass is 400 g/mol. The Kier molecular flexibility index (Phi) is 5.41. The molecule has 0 atom stereocenters. The lowest BCUT2D eigenvalue weighted by Gasteiger charge is -2.31. The molecular weight excluding hydrogens is 377 g/mol. The summed E-state index contributed by atoms with van der Waals surface area (Å²) in [5.41, 5.74) is 4.69. The minimum Gasteiger partial charge on any atom is -0.345 e. The highest BCUT2D eigenvalue weighted by molar-refractivity contribution is 5.66. The molecule has 0 aliphatic carbocycles. The molecule has 1 aliphatic heterocycles. The molecule has 29 heavy (non-hydrogen) atoms. The zero-order valence-electron chi connectivity index (χ0n) is 16.2. The third kappa shape index (κ3) is 4.67. The van der Waals surface area contributed by atoms with Gasteiger partial charge in [-0.25, -0.2) is 4.98 Å². The Morgan fingerprint density at radius 2 is 1.76 bits per heavy atom. The topological polar surface area (TPSA) is 44.8 Å². The molecular formula is C22H23F3N4. The van der Waals surface area contributed by atoms with Gasteiger partial charge in [-0.15, -0.1) is 0 Å². The van der Waals surface area contributed by atoms with Gasteiger partial charge in [0.2, 0.25) is 0 Å². The molecule has 152 valence electrons.